The summed E-state index contributed by atoms with van der Waals surface area (Å²) in [4.78, 5) is 16.2. The first kappa shape index (κ1) is 36.4. The van der Waals surface area contributed by atoms with Gasteiger partial charge < -0.3 is 9.47 Å². The van der Waals surface area contributed by atoms with Gasteiger partial charge in [-0.25, -0.2) is 0 Å². The van der Waals surface area contributed by atoms with Crippen molar-refractivity contribution in [2.75, 3.05) is 4.90 Å². The van der Waals surface area contributed by atoms with Crippen molar-refractivity contribution in [2.24, 2.45) is 0 Å². The van der Waals surface area contributed by atoms with Crippen LogP contribution in [0.25, 0.3) is 60.5 Å². The summed E-state index contributed by atoms with van der Waals surface area (Å²) in [6.07, 6.45) is 0. The highest BCUT2D eigenvalue weighted by Crippen LogP contribution is 2.51. The van der Waals surface area contributed by atoms with Gasteiger partial charge in [0.1, 0.15) is 0 Å². The summed E-state index contributed by atoms with van der Waals surface area (Å²) >= 11 is 0. The second-order valence-corrected chi connectivity index (χ2v) is 18.1. The summed E-state index contributed by atoms with van der Waals surface area (Å²) < 4.78 is 2.39. The van der Waals surface area contributed by atoms with Crippen LogP contribution in [0, 0.1) is 0 Å². The average molecular weight is 797 g/mol. The highest BCUT2D eigenvalue weighted by molar-refractivity contribution is 6.14. The normalized spacial score (nSPS) is 14.4. The average Bonchev–Trinajstić information content (AvgIpc) is 3.75. The Morgan fingerprint density at radius 3 is 1.68 bits per heavy atom. The van der Waals surface area contributed by atoms with E-state index in [4.69, 9.17) is 0 Å². The van der Waals surface area contributed by atoms with Gasteiger partial charge in [0.25, 0.3) is 0 Å². The van der Waals surface area contributed by atoms with Crippen LogP contribution >= 0.6 is 0 Å². The Kier molecular flexibility index (Phi) is 7.77. The zero-order chi connectivity index (χ0) is 41.9. The van der Waals surface area contributed by atoms with Crippen molar-refractivity contribution in [2.45, 2.75) is 38.5 Å². The smallest absolute Gasteiger partial charge is 0.193 e. The Hall–Kier alpha value is -7.49. The number of nitrogens with zero attached hydrogens (tertiary/aromatic N) is 2. The van der Waals surface area contributed by atoms with Gasteiger partial charge in [-0.2, -0.15) is 0 Å². The van der Waals surface area contributed by atoms with Crippen molar-refractivity contribution < 1.29 is 4.79 Å². The number of hydrogen-bond donors (Lipinski definition) is 0. The van der Waals surface area contributed by atoms with Crippen LogP contribution in [0.15, 0.2) is 194 Å². The summed E-state index contributed by atoms with van der Waals surface area (Å²) in [7, 11) is 0. The SMILES string of the molecule is CC1(C)c2ccccc2C(=O)c2ccc(-c3ccc4c(c3)c3cc(N(c5ccc6c(c5)C(C)(C)c5ccccc5-6)c5ccc6ccccc6c5)ccc3n4-c3ccccc3)cc21. The molecular formula is C59H44N2O. The van der Waals surface area contributed by atoms with Crippen LogP contribution in [-0.2, 0) is 10.8 Å². The predicted octanol–water partition coefficient (Wildman–Crippen LogP) is 15.3. The summed E-state index contributed by atoms with van der Waals surface area (Å²) in [5.41, 5.74) is 17.6. The second kappa shape index (κ2) is 13.3. The molecule has 3 heteroatoms. The van der Waals surface area contributed by atoms with Gasteiger partial charge >= 0.3 is 0 Å². The van der Waals surface area contributed by atoms with Crippen LogP contribution in [0.5, 0.6) is 0 Å². The molecule has 0 bridgehead atoms. The van der Waals surface area contributed by atoms with Crippen molar-refractivity contribution >= 4 is 55.4 Å². The van der Waals surface area contributed by atoms with Crippen molar-refractivity contribution in [1.82, 2.24) is 4.57 Å². The molecule has 2 aliphatic rings. The van der Waals surface area contributed by atoms with Gasteiger partial charge in [-0.05, 0) is 128 Å². The first-order chi connectivity index (χ1) is 30.2. The standard InChI is InChI=1S/C59H44N2O/c1-58(2)51-20-12-10-18-45(51)46-29-26-44(36-54(46)58)60(42-25-22-37-14-8-9-15-38(37)32-42)43-27-31-56-50(35-43)49-33-39(24-30-55(49)61(56)41-16-6-5-7-17-41)40-23-28-48-53(34-40)59(3,4)52-21-13-11-19-47(52)57(48)62/h5-36H,1-4H3. The predicted molar refractivity (Wildman–Crippen MR) is 258 cm³/mol. The third-order valence-electron chi connectivity index (χ3n) is 14.0. The molecule has 0 radical (unpaired) electrons. The fraction of sp³-hybridized carbons (Fsp3) is 0.102. The maximum absolute atomic E-state index is 13.8. The molecule has 0 saturated carbocycles. The summed E-state index contributed by atoms with van der Waals surface area (Å²) in [6.45, 7) is 9.18. The van der Waals surface area contributed by atoms with E-state index in [1.165, 1.54) is 43.8 Å². The number of carbonyl (C=O) groups excluding carboxylic acids is 1. The number of rotatable bonds is 5. The Balaban J connectivity index is 1.07. The van der Waals surface area contributed by atoms with E-state index in [9.17, 15) is 4.79 Å². The van der Waals surface area contributed by atoms with E-state index in [2.05, 4.69) is 207 Å². The monoisotopic (exact) mass is 796 g/mol. The number of ketones is 1. The minimum Gasteiger partial charge on any atom is -0.310 e. The molecule has 1 heterocycles. The summed E-state index contributed by atoms with van der Waals surface area (Å²) in [5, 5.41) is 4.76. The molecule has 2 aliphatic carbocycles. The Morgan fingerprint density at radius 1 is 0.387 bits per heavy atom. The van der Waals surface area contributed by atoms with Crippen molar-refractivity contribution in [1.29, 1.82) is 0 Å². The molecule has 0 N–H and O–H groups in total. The van der Waals surface area contributed by atoms with E-state index in [-0.39, 0.29) is 16.6 Å². The van der Waals surface area contributed by atoms with Gasteiger partial charge in [0.05, 0.1) is 11.0 Å². The summed E-state index contributed by atoms with van der Waals surface area (Å²) in [5.74, 6) is 0.0998. The Bertz CT molecular complexity index is 3500. The zero-order valence-electron chi connectivity index (χ0n) is 35.3. The number of fused-ring (bicyclic) bond motifs is 9. The minimum absolute atomic E-state index is 0.0998. The number of carbonyl (C=O) groups is 1. The minimum atomic E-state index is -0.319. The lowest BCUT2D eigenvalue weighted by atomic mass is 9.68. The quantitative estimate of drug-likeness (QED) is 0.173. The lowest BCUT2D eigenvalue weighted by molar-refractivity contribution is 0.103. The molecule has 0 aliphatic heterocycles. The van der Waals surface area contributed by atoms with E-state index in [1.807, 2.05) is 24.3 Å². The molecule has 10 aromatic rings. The molecule has 0 fully saturated rings. The number of anilines is 3. The molecule has 0 atom stereocenters. The molecule has 296 valence electrons. The molecule has 0 amide bonds. The molecular weight excluding hydrogens is 753 g/mol. The third-order valence-corrected chi connectivity index (χ3v) is 14.0. The van der Waals surface area contributed by atoms with Gasteiger partial charge in [-0.3, -0.25) is 4.79 Å². The lowest BCUT2D eigenvalue weighted by Crippen LogP contribution is -2.30. The van der Waals surface area contributed by atoms with Gasteiger partial charge in [-0.15, -0.1) is 0 Å². The Morgan fingerprint density at radius 2 is 0.887 bits per heavy atom. The zero-order valence-corrected chi connectivity index (χ0v) is 35.3. The molecule has 0 unspecified atom stereocenters. The number of hydrogen-bond acceptors (Lipinski definition) is 2. The van der Waals surface area contributed by atoms with Crippen molar-refractivity contribution in [3.05, 3.63) is 228 Å². The van der Waals surface area contributed by atoms with Crippen LogP contribution in [0.3, 0.4) is 0 Å². The van der Waals surface area contributed by atoms with E-state index >= 15 is 0 Å². The van der Waals surface area contributed by atoms with E-state index in [0.29, 0.717) is 0 Å². The van der Waals surface area contributed by atoms with Gasteiger partial charge in [0.15, 0.2) is 5.78 Å². The first-order valence-electron chi connectivity index (χ1n) is 21.6. The molecule has 0 saturated heterocycles. The highest BCUT2D eigenvalue weighted by Gasteiger charge is 2.37. The second-order valence-electron chi connectivity index (χ2n) is 18.1. The highest BCUT2D eigenvalue weighted by atomic mass is 16.1. The van der Waals surface area contributed by atoms with Crippen LogP contribution in [0.2, 0.25) is 0 Å². The molecule has 9 aromatic carbocycles. The maximum Gasteiger partial charge on any atom is 0.193 e. The number of aromatic nitrogens is 1. The molecule has 12 rings (SSSR count). The van der Waals surface area contributed by atoms with Crippen LogP contribution in [0.1, 0.15) is 65.9 Å². The fourth-order valence-electron chi connectivity index (χ4n) is 10.7. The summed E-state index contributed by atoms with van der Waals surface area (Å²) in [6, 6.07) is 70.3. The Labute approximate surface area is 362 Å². The van der Waals surface area contributed by atoms with E-state index in [1.54, 1.807) is 0 Å². The van der Waals surface area contributed by atoms with Crippen LogP contribution in [-0.4, -0.2) is 10.4 Å². The van der Waals surface area contributed by atoms with E-state index in [0.717, 1.165) is 67.2 Å². The first-order valence-corrected chi connectivity index (χ1v) is 21.6. The van der Waals surface area contributed by atoms with Gasteiger partial charge in [0, 0.05) is 55.5 Å². The molecule has 0 spiro atoms. The van der Waals surface area contributed by atoms with Gasteiger partial charge in [-0.1, -0.05) is 149 Å². The number of benzene rings is 9. The molecule has 62 heavy (non-hydrogen) atoms. The largest absolute Gasteiger partial charge is 0.310 e. The van der Waals surface area contributed by atoms with Crippen LogP contribution < -0.4 is 4.90 Å². The number of para-hydroxylation sites is 1. The molecule has 1 aromatic heterocycles. The third kappa shape index (κ3) is 5.28. The van der Waals surface area contributed by atoms with Crippen LogP contribution in [0.4, 0.5) is 17.1 Å². The van der Waals surface area contributed by atoms with Crippen molar-refractivity contribution in [3.8, 4) is 27.9 Å². The molecule has 3 nitrogen and oxygen atoms in total. The van der Waals surface area contributed by atoms with E-state index < -0.39 is 0 Å². The fourth-order valence-corrected chi connectivity index (χ4v) is 10.7. The topological polar surface area (TPSA) is 25.2 Å². The maximum atomic E-state index is 13.8. The van der Waals surface area contributed by atoms with Gasteiger partial charge in [0.2, 0.25) is 0 Å². The van der Waals surface area contributed by atoms with Crippen molar-refractivity contribution in [3.63, 3.8) is 0 Å². The lowest BCUT2D eigenvalue weighted by Gasteiger charge is -2.34.